The first-order chi connectivity index (χ1) is 14.7. The number of aromatic nitrogens is 1. The molecule has 3 nitrogen and oxygen atoms in total. The monoisotopic (exact) mass is 513 g/mol. The summed E-state index contributed by atoms with van der Waals surface area (Å²) in [6.07, 6.45) is 0. The summed E-state index contributed by atoms with van der Waals surface area (Å²) in [5.41, 5.74) is 1.18. The van der Waals surface area contributed by atoms with Crippen LogP contribution in [0.25, 0.3) is 0 Å². The second kappa shape index (κ2) is 11.5. The first-order valence-electron chi connectivity index (χ1n) is 8.71. The first kappa shape index (κ1) is 25.1. The Morgan fingerprint density at radius 2 is 1.00 bits per heavy atom. The Bertz CT molecular complexity index is 1000. The topological polar surface area (TPSA) is 29.6 Å². The summed E-state index contributed by atoms with van der Waals surface area (Å²) < 4.78 is 57.0. The number of rotatable bonds is 4. The number of hydrogen-bond acceptors (Lipinski definition) is 2. The van der Waals surface area contributed by atoms with Crippen molar-refractivity contribution in [3.8, 4) is 0 Å². The molecule has 0 aliphatic heterocycles. The second-order valence-electron chi connectivity index (χ2n) is 6.25. The third-order valence-electron chi connectivity index (χ3n) is 4.30. The van der Waals surface area contributed by atoms with E-state index >= 15 is 0 Å². The first-order valence-corrected chi connectivity index (χ1v) is 11.7. The van der Waals surface area contributed by atoms with Crippen LogP contribution in [0, 0.1) is 23.3 Å². The number of benzene rings is 2. The molecule has 0 N–H and O–H groups in total. The van der Waals surface area contributed by atoms with Crippen LogP contribution in [0.1, 0.15) is 25.2 Å². The molecule has 0 fully saturated rings. The van der Waals surface area contributed by atoms with E-state index in [-0.39, 0.29) is 24.5 Å². The van der Waals surface area contributed by atoms with E-state index in [0.29, 0.717) is 22.8 Å². The quantitative estimate of drug-likeness (QED) is 0.200. The van der Waals surface area contributed by atoms with Gasteiger partial charge in [0, 0.05) is 7.05 Å². The van der Waals surface area contributed by atoms with E-state index in [4.69, 9.17) is 20.2 Å². The minimum absolute atomic E-state index is 0.194. The molecule has 10 heteroatoms. The van der Waals surface area contributed by atoms with Crippen molar-refractivity contribution >= 4 is 43.0 Å². The van der Waals surface area contributed by atoms with E-state index in [0.717, 1.165) is 24.3 Å². The molecule has 0 aliphatic rings. The van der Waals surface area contributed by atoms with Crippen molar-refractivity contribution in [3.63, 3.8) is 0 Å². The van der Waals surface area contributed by atoms with Crippen molar-refractivity contribution in [1.29, 1.82) is 0 Å². The van der Waals surface area contributed by atoms with Crippen LogP contribution in [0.5, 0.6) is 0 Å². The molecule has 3 rings (SSSR count). The van der Waals surface area contributed by atoms with Crippen molar-refractivity contribution in [2.24, 2.45) is 17.0 Å². The SMILES string of the molecule is CC(=Nc1c(F)cccc1F)c1ccc(C(C)=Nc2c(F)cccc2F)n1C.[Cl][Fe][Cl]. The zero-order valence-electron chi connectivity index (χ0n) is 16.6. The van der Waals surface area contributed by atoms with Gasteiger partial charge in [-0.3, -0.25) is 0 Å². The van der Waals surface area contributed by atoms with Crippen molar-refractivity contribution in [2.45, 2.75) is 13.8 Å². The fourth-order valence-electron chi connectivity index (χ4n) is 2.88. The van der Waals surface area contributed by atoms with Crippen molar-refractivity contribution < 1.29 is 30.7 Å². The summed E-state index contributed by atoms with van der Waals surface area (Å²) in [7, 11) is 11.2. The van der Waals surface area contributed by atoms with Crippen LogP contribution < -0.4 is 0 Å². The van der Waals surface area contributed by atoms with Gasteiger partial charge in [-0.1, -0.05) is 12.1 Å². The summed E-state index contributed by atoms with van der Waals surface area (Å²) in [5.74, 6) is -3.05. The van der Waals surface area contributed by atoms with Gasteiger partial charge in [-0.05, 0) is 50.2 Å². The fraction of sp³-hybridized carbons (Fsp3) is 0.143. The molecule has 3 aromatic rings. The summed E-state index contributed by atoms with van der Waals surface area (Å²) >= 11 is 0.194. The molecule has 0 saturated heterocycles. The molecule has 166 valence electrons. The Balaban J connectivity index is 0.00000107. The van der Waals surface area contributed by atoms with E-state index in [9.17, 15) is 17.6 Å². The van der Waals surface area contributed by atoms with Crippen LogP contribution in [0.4, 0.5) is 28.9 Å². The van der Waals surface area contributed by atoms with Gasteiger partial charge in [0.05, 0.1) is 22.8 Å². The van der Waals surface area contributed by atoms with Crippen LogP contribution >= 0.6 is 20.2 Å². The second-order valence-corrected chi connectivity index (χ2v) is 8.07. The Morgan fingerprint density at radius 1 is 0.710 bits per heavy atom. The average Bonchev–Trinajstić information content (AvgIpc) is 3.10. The third-order valence-corrected chi connectivity index (χ3v) is 4.30. The molecule has 0 radical (unpaired) electrons. The molecule has 0 amide bonds. The van der Waals surface area contributed by atoms with Gasteiger partial charge in [0.1, 0.15) is 11.4 Å². The van der Waals surface area contributed by atoms with Gasteiger partial charge >= 0.3 is 33.3 Å². The predicted octanol–water partition coefficient (Wildman–Crippen LogP) is 7.24. The predicted molar refractivity (Wildman–Crippen MR) is 114 cm³/mol. The van der Waals surface area contributed by atoms with Gasteiger partial charge in [-0.25, -0.2) is 27.5 Å². The molecule has 0 unspecified atom stereocenters. The number of aliphatic imine (C=N–C) groups is 2. The minimum atomic E-state index is -0.762. The Labute approximate surface area is 192 Å². The van der Waals surface area contributed by atoms with Gasteiger partial charge in [0.2, 0.25) is 0 Å². The molecule has 0 bridgehead atoms. The van der Waals surface area contributed by atoms with E-state index in [1.54, 1.807) is 37.6 Å². The van der Waals surface area contributed by atoms with E-state index in [1.165, 1.54) is 12.1 Å². The number of halogens is 6. The van der Waals surface area contributed by atoms with Crippen LogP contribution in [0.2, 0.25) is 0 Å². The Kier molecular flexibility index (Phi) is 9.31. The Morgan fingerprint density at radius 3 is 1.29 bits per heavy atom. The molecule has 0 saturated carbocycles. The van der Waals surface area contributed by atoms with Gasteiger partial charge in [0.15, 0.2) is 23.3 Å². The zero-order chi connectivity index (χ0) is 23.1. The maximum atomic E-state index is 13.8. The van der Waals surface area contributed by atoms with Crippen LogP contribution in [0.15, 0.2) is 58.5 Å². The molecule has 0 spiro atoms. The number of para-hydroxylation sites is 2. The molecule has 0 aliphatic carbocycles. The summed E-state index contributed by atoms with van der Waals surface area (Å²) in [6, 6.07) is 10.4. The van der Waals surface area contributed by atoms with Crippen molar-refractivity contribution in [1.82, 2.24) is 4.57 Å². The molecular weight excluding hydrogens is 497 g/mol. The standard InChI is InChI=1S/C21H17F4N3.2ClH.Fe/c1-12(26-20-14(22)6-4-7-15(20)23)18-10-11-19(28(18)3)13(2)27-21-16(24)8-5-9-17(21)25;;;/h4-11H,1-3H3;2*1H;/q;;;+2/p-2. The zero-order valence-corrected chi connectivity index (χ0v) is 19.2. The molecular formula is C21H17Cl2F4FeN3. The van der Waals surface area contributed by atoms with E-state index in [2.05, 4.69) is 9.98 Å². The third kappa shape index (κ3) is 6.20. The molecule has 0 atom stereocenters. The molecule has 1 heterocycles. The van der Waals surface area contributed by atoms with Crippen LogP contribution in [-0.4, -0.2) is 16.0 Å². The van der Waals surface area contributed by atoms with Crippen molar-refractivity contribution in [3.05, 3.63) is 83.2 Å². The van der Waals surface area contributed by atoms with Gasteiger partial charge in [0.25, 0.3) is 0 Å². The van der Waals surface area contributed by atoms with Gasteiger partial charge < -0.3 is 4.57 Å². The van der Waals surface area contributed by atoms with Gasteiger partial charge in [-0.2, -0.15) is 0 Å². The summed E-state index contributed by atoms with van der Waals surface area (Å²) in [6.45, 7) is 3.24. The van der Waals surface area contributed by atoms with Crippen molar-refractivity contribution in [2.75, 3.05) is 0 Å². The van der Waals surface area contributed by atoms with Crippen LogP contribution in [0.3, 0.4) is 0 Å². The molecule has 2 aromatic carbocycles. The average molecular weight is 514 g/mol. The normalized spacial score (nSPS) is 12.0. The number of hydrogen-bond donors (Lipinski definition) is 0. The summed E-state index contributed by atoms with van der Waals surface area (Å²) in [4.78, 5) is 8.12. The number of nitrogens with zero attached hydrogens (tertiary/aromatic N) is 3. The molecule has 31 heavy (non-hydrogen) atoms. The van der Waals surface area contributed by atoms with E-state index in [1.807, 2.05) is 0 Å². The Hall–Kier alpha value is -2.12. The summed E-state index contributed by atoms with van der Waals surface area (Å²) in [5, 5.41) is 0. The molecule has 1 aromatic heterocycles. The van der Waals surface area contributed by atoms with Gasteiger partial charge in [-0.15, -0.1) is 0 Å². The fourth-order valence-corrected chi connectivity index (χ4v) is 2.88. The van der Waals surface area contributed by atoms with Crippen LogP contribution in [-0.2, 0) is 20.2 Å². The van der Waals surface area contributed by atoms with E-state index < -0.39 is 23.3 Å². The maximum absolute atomic E-state index is 13.8.